The largest absolute Gasteiger partial charge is 0.345 e. The topological polar surface area (TPSA) is 57.6 Å². The van der Waals surface area contributed by atoms with Crippen LogP contribution in [0.5, 0.6) is 0 Å². The number of rotatable bonds is 2. The maximum absolute atomic E-state index is 12.1. The molecule has 0 bridgehead atoms. The number of amides is 1. The van der Waals surface area contributed by atoms with Gasteiger partial charge in [0.15, 0.2) is 5.17 Å². The van der Waals surface area contributed by atoms with E-state index in [9.17, 15) is 4.79 Å². The number of carbonyl (C=O) groups is 1. The molecule has 5 nitrogen and oxygen atoms in total. The van der Waals surface area contributed by atoms with Crippen molar-refractivity contribution in [3.05, 3.63) is 59.3 Å². The molecular weight excluding hydrogens is 332 g/mol. The molecule has 0 saturated heterocycles. The molecule has 1 aliphatic heterocycles. The fraction of sp³-hybridized carbons (Fsp3) is 0.211. The van der Waals surface area contributed by atoms with Crippen LogP contribution in [0.4, 0.5) is 5.69 Å². The third-order valence-electron chi connectivity index (χ3n) is 3.66. The summed E-state index contributed by atoms with van der Waals surface area (Å²) in [5, 5.41) is 4.87. The van der Waals surface area contributed by atoms with Gasteiger partial charge in [-0.15, -0.1) is 0 Å². The second kappa shape index (κ2) is 7.11. The molecule has 0 fully saturated rings. The van der Waals surface area contributed by atoms with E-state index < -0.39 is 0 Å². The number of fused-ring (bicyclic) bond motifs is 1. The predicted octanol–water partition coefficient (Wildman–Crippen LogP) is 3.70. The van der Waals surface area contributed by atoms with E-state index in [-0.39, 0.29) is 5.91 Å². The SMILES string of the molecule is Cc1cccc(NC2=N/C(=C\C(=O)N(C)C)c3ccc(C)nc3S2)c1. The van der Waals surface area contributed by atoms with E-state index in [1.54, 1.807) is 20.2 Å². The number of thioether (sulfide) groups is 1. The molecule has 6 heteroatoms. The molecule has 1 N–H and O–H groups in total. The fourth-order valence-electron chi connectivity index (χ4n) is 2.35. The molecule has 3 rings (SSSR count). The van der Waals surface area contributed by atoms with Gasteiger partial charge in [0, 0.05) is 37.1 Å². The van der Waals surface area contributed by atoms with Crippen LogP contribution in [0.15, 0.2) is 52.5 Å². The minimum absolute atomic E-state index is 0.105. The molecule has 0 unspecified atom stereocenters. The Hall–Kier alpha value is -2.60. The smallest absolute Gasteiger partial charge is 0.248 e. The van der Waals surface area contributed by atoms with Crippen LogP contribution in [0.25, 0.3) is 5.70 Å². The van der Waals surface area contributed by atoms with E-state index in [2.05, 4.69) is 21.4 Å². The summed E-state index contributed by atoms with van der Waals surface area (Å²) in [6.45, 7) is 4.00. The number of pyridine rings is 1. The first-order valence-electron chi connectivity index (χ1n) is 7.93. The Kier molecular flexibility index (Phi) is 4.90. The van der Waals surface area contributed by atoms with Crippen molar-refractivity contribution < 1.29 is 4.79 Å². The van der Waals surface area contributed by atoms with Crippen molar-refractivity contribution in [3.8, 4) is 0 Å². The molecule has 1 amide bonds. The highest BCUT2D eigenvalue weighted by atomic mass is 32.2. The van der Waals surface area contributed by atoms with Crippen molar-refractivity contribution in [2.24, 2.45) is 4.99 Å². The van der Waals surface area contributed by atoms with E-state index in [0.717, 1.165) is 22.0 Å². The lowest BCUT2D eigenvalue weighted by atomic mass is 10.2. The second-order valence-electron chi connectivity index (χ2n) is 6.08. The lowest BCUT2D eigenvalue weighted by molar-refractivity contribution is -0.123. The Bertz CT molecular complexity index is 887. The van der Waals surface area contributed by atoms with Crippen LogP contribution in [-0.2, 0) is 4.79 Å². The van der Waals surface area contributed by atoms with Crippen LogP contribution in [0.3, 0.4) is 0 Å². The Labute approximate surface area is 151 Å². The summed E-state index contributed by atoms with van der Waals surface area (Å²) in [6.07, 6.45) is 1.55. The summed E-state index contributed by atoms with van der Waals surface area (Å²) in [7, 11) is 3.45. The molecule has 0 atom stereocenters. The first-order chi connectivity index (χ1) is 11.9. The van der Waals surface area contributed by atoms with Gasteiger partial charge in [-0.05, 0) is 55.4 Å². The Morgan fingerprint density at radius 1 is 1.20 bits per heavy atom. The zero-order valence-corrected chi connectivity index (χ0v) is 15.5. The highest BCUT2D eigenvalue weighted by Crippen LogP contribution is 2.34. The van der Waals surface area contributed by atoms with Gasteiger partial charge in [-0.2, -0.15) is 0 Å². The molecule has 0 saturated carbocycles. The number of aryl methyl sites for hydroxylation is 2. The normalized spacial score (nSPS) is 14.7. The maximum atomic E-state index is 12.1. The third kappa shape index (κ3) is 4.09. The van der Waals surface area contributed by atoms with Crippen LogP contribution in [0, 0.1) is 13.8 Å². The van der Waals surface area contributed by atoms with Crippen LogP contribution in [0.1, 0.15) is 16.8 Å². The fourth-order valence-corrected chi connectivity index (χ4v) is 3.31. The minimum atomic E-state index is -0.105. The number of anilines is 1. The van der Waals surface area contributed by atoms with Gasteiger partial charge in [0.2, 0.25) is 5.91 Å². The monoisotopic (exact) mass is 352 g/mol. The number of nitrogens with one attached hydrogen (secondary N) is 1. The quantitative estimate of drug-likeness (QED) is 0.837. The van der Waals surface area contributed by atoms with E-state index in [1.807, 2.05) is 44.2 Å². The van der Waals surface area contributed by atoms with E-state index >= 15 is 0 Å². The molecular formula is C19H20N4OS. The average molecular weight is 352 g/mol. The number of hydrogen-bond acceptors (Lipinski definition) is 5. The van der Waals surface area contributed by atoms with E-state index in [4.69, 9.17) is 0 Å². The number of aromatic nitrogens is 1. The molecule has 1 aromatic carbocycles. The zero-order valence-electron chi connectivity index (χ0n) is 14.7. The van der Waals surface area contributed by atoms with E-state index in [1.165, 1.54) is 22.2 Å². The number of aliphatic imine (C=N–C) groups is 1. The molecule has 2 aromatic rings. The number of nitrogens with zero attached hydrogens (tertiary/aromatic N) is 3. The maximum Gasteiger partial charge on any atom is 0.248 e. The molecule has 0 aliphatic carbocycles. The number of carbonyl (C=O) groups excluding carboxylic acids is 1. The lowest BCUT2D eigenvalue weighted by Gasteiger charge is -2.19. The first kappa shape index (κ1) is 17.2. The first-order valence-corrected chi connectivity index (χ1v) is 8.75. The van der Waals surface area contributed by atoms with Crippen molar-refractivity contribution in [2.45, 2.75) is 18.9 Å². The van der Waals surface area contributed by atoms with Crippen LogP contribution >= 0.6 is 11.8 Å². The highest BCUT2D eigenvalue weighted by molar-refractivity contribution is 8.14. The van der Waals surface area contributed by atoms with Crippen molar-refractivity contribution in [1.29, 1.82) is 0 Å². The summed E-state index contributed by atoms with van der Waals surface area (Å²) in [5.74, 6) is -0.105. The summed E-state index contributed by atoms with van der Waals surface area (Å²) < 4.78 is 0. The van der Waals surface area contributed by atoms with Crippen molar-refractivity contribution >= 4 is 34.2 Å². The lowest BCUT2D eigenvalue weighted by Crippen LogP contribution is -2.20. The van der Waals surface area contributed by atoms with Gasteiger partial charge >= 0.3 is 0 Å². The average Bonchev–Trinajstić information content (AvgIpc) is 2.54. The van der Waals surface area contributed by atoms with Gasteiger partial charge in [0.1, 0.15) is 5.03 Å². The number of likely N-dealkylation sites (N-methyl/N-ethyl adjacent to an activating group) is 1. The molecule has 1 aliphatic rings. The van der Waals surface area contributed by atoms with Crippen molar-refractivity contribution in [3.63, 3.8) is 0 Å². The predicted molar refractivity (Wildman–Crippen MR) is 104 cm³/mol. The summed E-state index contributed by atoms with van der Waals surface area (Å²) >= 11 is 1.47. The van der Waals surface area contributed by atoms with Gasteiger partial charge < -0.3 is 10.2 Å². The molecule has 2 heterocycles. The van der Waals surface area contributed by atoms with Crippen molar-refractivity contribution in [1.82, 2.24) is 9.88 Å². The van der Waals surface area contributed by atoms with Gasteiger partial charge in [-0.1, -0.05) is 12.1 Å². The third-order valence-corrected chi connectivity index (χ3v) is 4.55. The van der Waals surface area contributed by atoms with Gasteiger partial charge in [-0.25, -0.2) is 9.98 Å². The molecule has 1 aromatic heterocycles. The van der Waals surface area contributed by atoms with E-state index in [0.29, 0.717) is 10.9 Å². The van der Waals surface area contributed by atoms with Gasteiger partial charge in [-0.3, -0.25) is 4.79 Å². The molecule has 0 radical (unpaired) electrons. The van der Waals surface area contributed by atoms with Gasteiger partial charge in [0.25, 0.3) is 0 Å². The second-order valence-corrected chi connectivity index (χ2v) is 7.06. The molecule has 25 heavy (non-hydrogen) atoms. The Balaban J connectivity index is 1.99. The Morgan fingerprint density at radius 3 is 2.72 bits per heavy atom. The van der Waals surface area contributed by atoms with Crippen LogP contribution < -0.4 is 5.32 Å². The van der Waals surface area contributed by atoms with Crippen LogP contribution in [0.2, 0.25) is 0 Å². The highest BCUT2D eigenvalue weighted by Gasteiger charge is 2.20. The standard InChI is InChI=1S/C19H20N4OS/c1-12-6-5-7-14(10-12)21-19-22-16(11-17(24)23(3)4)15-9-8-13(2)20-18(15)25-19/h5-11H,1-4H3,(H,21,22)/b16-11-. The number of benzene rings is 1. The zero-order chi connectivity index (χ0) is 18.0. The summed E-state index contributed by atoms with van der Waals surface area (Å²) in [5.41, 5.74) is 4.55. The van der Waals surface area contributed by atoms with Crippen molar-refractivity contribution in [2.75, 3.05) is 19.4 Å². The number of hydrogen-bond donors (Lipinski definition) is 1. The Morgan fingerprint density at radius 2 is 2.00 bits per heavy atom. The minimum Gasteiger partial charge on any atom is -0.345 e. The summed E-state index contributed by atoms with van der Waals surface area (Å²) in [4.78, 5) is 22.9. The van der Waals surface area contributed by atoms with Crippen LogP contribution in [-0.4, -0.2) is 35.1 Å². The van der Waals surface area contributed by atoms with Gasteiger partial charge in [0.05, 0.1) is 5.70 Å². The molecule has 0 spiro atoms. The molecule has 128 valence electrons. The number of amidine groups is 1. The summed E-state index contributed by atoms with van der Waals surface area (Å²) in [6, 6.07) is 12.0.